The van der Waals surface area contributed by atoms with Crippen LogP contribution >= 0.6 is 31.9 Å². The van der Waals surface area contributed by atoms with Crippen molar-refractivity contribution in [2.24, 2.45) is 12.0 Å². The maximum absolute atomic E-state index is 12.9. The van der Waals surface area contributed by atoms with E-state index in [1.54, 1.807) is 27.7 Å². The Labute approximate surface area is 178 Å². The van der Waals surface area contributed by atoms with Crippen molar-refractivity contribution in [1.29, 1.82) is 0 Å². The molecule has 0 fully saturated rings. The van der Waals surface area contributed by atoms with Crippen LogP contribution in [0.2, 0.25) is 0 Å². The number of carbonyl (C=O) groups is 1. The van der Waals surface area contributed by atoms with Gasteiger partial charge < -0.3 is 4.74 Å². The number of hydrogen-bond acceptors (Lipinski definition) is 4. The lowest BCUT2D eigenvalue weighted by Gasteiger charge is -2.07. The molecule has 0 atom stereocenters. The Morgan fingerprint density at radius 3 is 2.32 bits per heavy atom. The molecular formula is C20H17Br2N3O3. The van der Waals surface area contributed by atoms with Crippen LogP contribution in [-0.2, 0) is 11.8 Å². The molecule has 0 bridgehead atoms. The molecule has 0 amide bonds. The van der Waals surface area contributed by atoms with Gasteiger partial charge in [-0.2, -0.15) is 0 Å². The molecular weight excluding hydrogens is 490 g/mol. The topological polar surface area (TPSA) is 65.6 Å². The Morgan fingerprint density at radius 2 is 1.75 bits per heavy atom. The summed E-state index contributed by atoms with van der Waals surface area (Å²) in [5.41, 5.74) is 2.43. The van der Waals surface area contributed by atoms with Gasteiger partial charge in [0.05, 0.1) is 20.3 Å². The fourth-order valence-corrected chi connectivity index (χ4v) is 4.12. The van der Waals surface area contributed by atoms with Gasteiger partial charge in [0.1, 0.15) is 0 Å². The largest absolute Gasteiger partial charge is 0.424 e. The Kier molecular flexibility index (Phi) is 6.00. The van der Waals surface area contributed by atoms with Gasteiger partial charge in [-0.15, -0.1) is 0 Å². The van der Waals surface area contributed by atoms with Crippen LogP contribution in [0.1, 0.15) is 18.2 Å². The molecule has 1 aromatic heterocycles. The molecule has 0 saturated heterocycles. The van der Waals surface area contributed by atoms with Crippen molar-refractivity contribution < 1.29 is 9.53 Å². The Hall–Kier alpha value is -2.45. The smallest absolute Gasteiger partial charge is 0.308 e. The molecule has 0 unspecified atom stereocenters. The summed E-state index contributed by atoms with van der Waals surface area (Å²) in [5.74, 6) is -0.0174. The number of halogens is 2. The van der Waals surface area contributed by atoms with Crippen molar-refractivity contribution in [3.05, 3.63) is 73.0 Å². The van der Waals surface area contributed by atoms with Gasteiger partial charge in [-0.25, -0.2) is 9.67 Å². The van der Waals surface area contributed by atoms with Gasteiger partial charge in [0, 0.05) is 20.2 Å². The minimum Gasteiger partial charge on any atom is -0.424 e. The molecule has 0 N–H and O–H groups in total. The average molecular weight is 507 g/mol. The summed E-state index contributed by atoms with van der Waals surface area (Å²) >= 11 is 6.78. The lowest BCUT2D eigenvalue weighted by Crippen LogP contribution is -2.19. The predicted octanol–water partition coefficient (Wildman–Crippen LogP) is 4.69. The molecule has 0 aliphatic carbocycles. The predicted molar refractivity (Wildman–Crippen MR) is 116 cm³/mol. The third-order valence-electron chi connectivity index (χ3n) is 4.13. The van der Waals surface area contributed by atoms with E-state index in [9.17, 15) is 9.59 Å². The van der Waals surface area contributed by atoms with E-state index >= 15 is 0 Å². The minimum absolute atomic E-state index is 0.197. The van der Waals surface area contributed by atoms with Crippen LogP contribution in [0.25, 0.3) is 5.69 Å². The van der Waals surface area contributed by atoms with Gasteiger partial charge in [0.15, 0.2) is 11.4 Å². The summed E-state index contributed by atoms with van der Waals surface area (Å²) < 4.78 is 9.73. The van der Waals surface area contributed by atoms with E-state index in [1.165, 1.54) is 6.92 Å². The molecule has 0 spiro atoms. The Balaban J connectivity index is 2.00. The number of carbonyl (C=O) groups excluding carboxylic acids is 1. The zero-order valence-corrected chi connectivity index (χ0v) is 18.6. The highest BCUT2D eigenvalue weighted by atomic mass is 79.9. The van der Waals surface area contributed by atoms with Crippen LogP contribution in [0.4, 0.5) is 5.69 Å². The van der Waals surface area contributed by atoms with Crippen molar-refractivity contribution in [3.63, 3.8) is 0 Å². The van der Waals surface area contributed by atoms with E-state index in [-0.39, 0.29) is 5.56 Å². The molecule has 3 rings (SSSR count). The molecule has 8 heteroatoms. The fourth-order valence-electron chi connectivity index (χ4n) is 2.74. The van der Waals surface area contributed by atoms with Gasteiger partial charge >= 0.3 is 5.97 Å². The number of rotatable bonds is 4. The second kappa shape index (κ2) is 8.28. The summed E-state index contributed by atoms with van der Waals surface area (Å²) in [6, 6.07) is 12.9. The molecule has 28 heavy (non-hydrogen) atoms. The first-order valence-corrected chi connectivity index (χ1v) is 9.93. The van der Waals surface area contributed by atoms with Crippen LogP contribution < -0.4 is 10.3 Å². The summed E-state index contributed by atoms with van der Waals surface area (Å²) in [5, 5.41) is 0. The SMILES string of the molecule is CC(=O)Oc1c(Br)cc(C=Nc2c(C)n(C)n(-c3ccccc3)c2=O)cc1Br. The van der Waals surface area contributed by atoms with Crippen LogP contribution in [0.5, 0.6) is 5.75 Å². The van der Waals surface area contributed by atoms with Gasteiger partial charge in [-0.1, -0.05) is 18.2 Å². The quantitative estimate of drug-likeness (QED) is 0.293. The third-order valence-corrected chi connectivity index (χ3v) is 5.31. The van der Waals surface area contributed by atoms with Crippen LogP contribution in [0.3, 0.4) is 0 Å². The maximum Gasteiger partial charge on any atom is 0.308 e. The summed E-state index contributed by atoms with van der Waals surface area (Å²) in [6.45, 7) is 3.19. The number of esters is 1. The first-order valence-electron chi connectivity index (χ1n) is 8.35. The molecule has 0 aliphatic heterocycles. The molecule has 2 aromatic carbocycles. The number of aliphatic imine (C=N–C) groups is 1. The fraction of sp³-hybridized carbons (Fsp3) is 0.150. The number of benzene rings is 2. The van der Waals surface area contributed by atoms with E-state index in [0.717, 1.165) is 16.9 Å². The van der Waals surface area contributed by atoms with Crippen molar-refractivity contribution >= 4 is 49.7 Å². The molecule has 0 radical (unpaired) electrons. The second-order valence-electron chi connectivity index (χ2n) is 6.08. The molecule has 0 saturated carbocycles. The first kappa shape index (κ1) is 20.3. The normalized spacial score (nSPS) is 11.2. The van der Waals surface area contributed by atoms with Crippen LogP contribution in [0.15, 0.2) is 61.2 Å². The number of hydrogen-bond donors (Lipinski definition) is 0. The standard InChI is InChI=1S/C20H17Br2N3O3/c1-12-18(20(27)25(24(12)3)15-7-5-4-6-8-15)23-11-14-9-16(21)19(17(22)10-14)28-13(2)26/h4-11H,1-3H3. The van der Waals surface area contributed by atoms with Gasteiger partial charge in [0.2, 0.25) is 0 Å². The summed E-state index contributed by atoms with van der Waals surface area (Å²) in [4.78, 5) is 28.5. The number of nitrogens with zero attached hydrogens (tertiary/aromatic N) is 3. The molecule has 3 aromatic rings. The van der Waals surface area contributed by atoms with Gasteiger partial charge in [-0.3, -0.25) is 14.3 Å². The highest BCUT2D eigenvalue weighted by Crippen LogP contribution is 2.34. The zero-order chi connectivity index (χ0) is 20.4. The lowest BCUT2D eigenvalue weighted by molar-refractivity contribution is -0.131. The monoisotopic (exact) mass is 505 g/mol. The van der Waals surface area contributed by atoms with Crippen LogP contribution in [0, 0.1) is 6.92 Å². The molecule has 0 aliphatic rings. The van der Waals surface area contributed by atoms with E-state index in [1.807, 2.05) is 44.3 Å². The first-order chi connectivity index (χ1) is 13.3. The summed E-state index contributed by atoms with van der Waals surface area (Å²) in [7, 11) is 1.82. The van der Waals surface area contributed by atoms with Crippen molar-refractivity contribution in [2.45, 2.75) is 13.8 Å². The lowest BCUT2D eigenvalue weighted by atomic mass is 10.2. The van der Waals surface area contributed by atoms with E-state index < -0.39 is 5.97 Å². The van der Waals surface area contributed by atoms with Crippen molar-refractivity contribution in [3.8, 4) is 11.4 Å². The maximum atomic E-state index is 12.9. The molecule has 1 heterocycles. The zero-order valence-electron chi connectivity index (χ0n) is 15.4. The van der Waals surface area contributed by atoms with Crippen molar-refractivity contribution in [2.75, 3.05) is 0 Å². The second-order valence-corrected chi connectivity index (χ2v) is 7.78. The summed E-state index contributed by atoms with van der Waals surface area (Å²) in [6.07, 6.45) is 1.60. The number of aromatic nitrogens is 2. The highest BCUT2D eigenvalue weighted by molar-refractivity contribution is 9.11. The van der Waals surface area contributed by atoms with E-state index in [2.05, 4.69) is 36.9 Å². The highest BCUT2D eigenvalue weighted by Gasteiger charge is 2.15. The molecule has 6 nitrogen and oxygen atoms in total. The Bertz CT molecular complexity index is 1110. The number of para-hydroxylation sites is 1. The Morgan fingerprint density at radius 1 is 1.14 bits per heavy atom. The van der Waals surface area contributed by atoms with Gasteiger partial charge in [-0.05, 0) is 68.6 Å². The van der Waals surface area contributed by atoms with E-state index in [0.29, 0.717) is 20.4 Å². The van der Waals surface area contributed by atoms with Gasteiger partial charge in [0.25, 0.3) is 5.56 Å². The minimum atomic E-state index is -0.413. The third kappa shape index (κ3) is 4.02. The average Bonchev–Trinajstić information content (AvgIpc) is 2.86. The van der Waals surface area contributed by atoms with Crippen molar-refractivity contribution in [1.82, 2.24) is 9.36 Å². The number of ether oxygens (including phenoxy) is 1. The molecule has 144 valence electrons. The van der Waals surface area contributed by atoms with E-state index in [4.69, 9.17) is 4.74 Å². The van der Waals surface area contributed by atoms with Crippen LogP contribution in [-0.4, -0.2) is 21.5 Å².